The number of benzene rings is 1. The summed E-state index contributed by atoms with van der Waals surface area (Å²) in [6.45, 7) is 2.38. The highest BCUT2D eigenvalue weighted by Gasteiger charge is 2.22. The molecule has 5 nitrogen and oxygen atoms in total. The first kappa shape index (κ1) is 14.7. The number of rotatable bonds is 5. The number of carbonyl (C=O) groups is 1. The minimum Gasteiger partial charge on any atom is -0.482 e. The van der Waals surface area contributed by atoms with Crippen LogP contribution in [0.4, 0.5) is 5.69 Å². The van der Waals surface area contributed by atoms with Crippen molar-refractivity contribution in [1.29, 1.82) is 0 Å². The monoisotopic (exact) mass is 278 g/mol. The van der Waals surface area contributed by atoms with E-state index >= 15 is 0 Å². The first-order chi connectivity index (χ1) is 9.70. The quantitative estimate of drug-likeness (QED) is 0.830. The van der Waals surface area contributed by atoms with E-state index in [0.717, 1.165) is 32.5 Å². The van der Waals surface area contributed by atoms with E-state index in [4.69, 9.17) is 15.2 Å². The Kier molecular flexibility index (Phi) is 5.24. The smallest absolute Gasteiger partial charge is 0.260 e. The second kappa shape index (κ2) is 7.14. The van der Waals surface area contributed by atoms with Gasteiger partial charge in [-0.05, 0) is 30.9 Å². The van der Waals surface area contributed by atoms with Crippen molar-refractivity contribution in [2.24, 2.45) is 5.92 Å². The van der Waals surface area contributed by atoms with Gasteiger partial charge in [-0.2, -0.15) is 0 Å². The molecule has 2 rings (SSSR count). The molecule has 0 bridgehead atoms. The van der Waals surface area contributed by atoms with Crippen LogP contribution < -0.4 is 10.5 Å². The molecule has 0 aromatic heterocycles. The molecule has 110 valence electrons. The van der Waals surface area contributed by atoms with Crippen molar-refractivity contribution in [2.45, 2.75) is 12.8 Å². The van der Waals surface area contributed by atoms with Gasteiger partial charge in [-0.25, -0.2) is 0 Å². The number of ether oxygens (including phenoxy) is 2. The number of carbonyl (C=O) groups excluding carboxylic acids is 1. The SMILES string of the molecule is COCC1CCN(C(=O)COc2ccccc2N)CC1. The molecule has 1 amide bonds. The molecular weight excluding hydrogens is 256 g/mol. The van der Waals surface area contributed by atoms with Crippen LogP contribution in [0.2, 0.25) is 0 Å². The van der Waals surface area contributed by atoms with Crippen LogP contribution >= 0.6 is 0 Å². The number of methoxy groups -OCH3 is 1. The van der Waals surface area contributed by atoms with E-state index in [9.17, 15) is 4.79 Å². The lowest BCUT2D eigenvalue weighted by Crippen LogP contribution is -2.41. The van der Waals surface area contributed by atoms with E-state index in [2.05, 4.69) is 0 Å². The van der Waals surface area contributed by atoms with Crippen molar-refractivity contribution in [3.63, 3.8) is 0 Å². The fourth-order valence-corrected chi connectivity index (χ4v) is 2.43. The molecule has 0 radical (unpaired) electrons. The summed E-state index contributed by atoms with van der Waals surface area (Å²) in [6, 6.07) is 7.21. The zero-order valence-corrected chi connectivity index (χ0v) is 11.9. The van der Waals surface area contributed by atoms with Crippen molar-refractivity contribution >= 4 is 11.6 Å². The summed E-state index contributed by atoms with van der Waals surface area (Å²) in [5.41, 5.74) is 6.33. The Morgan fingerprint density at radius 1 is 1.35 bits per heavy atom. The van der Waals surface area contributed by atoms with E-state index in [1.165, 1.54) is 0 Å². The summed E-state index contributed by atoms with van der Waals surface area (Å²) in [6.07, 6.45) is 1.99. The molecule has 1 heterocycles. The Morgan fingerprint density at radius 2 is 2.05 bits per heavy atom. The minimum absolute atomic E-state index is 0.0177. The van der Waals surface area contributed by atoms with Gasteiger partial charge in [-0.1, -0.05) is 12.1 Å². The number of hydrogen-bond acceptors (Lipinski definition) is 4. The van der Waals surface area contributed by atoms with Gasteiger partial charge in [0.15, 0.2) is 6.61 Å². The van der Waals surface area contributed by atoms with Crippen molar-refractivity contribution < 1.29 is 14.3 Å². The molecule has 20 heavy (non-hydrogen) atoms. The van der Waals surface area contributed by atoms with E-state index in [0.29, 0.717) is 17.4 Å². The number of nitrogen functional groups attached to an aromatic ring is 1. The van der Waals surface area contributed by atoms with Crippen molar-refractivity contribution in [1.82, 2.24) is 4.90 Å². The molecule has 1 aromatic carbocycles. The van der Waals surface area contributed by atoms with E-state index in [-0.39, 0.29) is 12.5 Å². The number of piperidine rings is 1. The molecule has 1 aliphatic rings. The maximum absolute atomic E-state index is 12.1. The van der Waals surface area contributed by atoms with Gasteiger partial charge in [0.05, 0.1) is 5.69 Å². The largest absolute Gasteiger partial charge is 0.482 e. The molecule has 1 aromatic rings. The fourth-order valence-electron chi connectivity index (χ4n) is 2.43. The van der Waals surface area contributed by atoms with Gasteiger partial charge in [0, 0.05) is 26.8 Å². The van der Waals surface area contributed by atoms with Gasteiger partial charge in [0.1, 0.15) is 5.75 Å². The summed E-state index contributed by atoms with van der Waals surface area (Å²) < 4.78 is 10.6. The lowest BCUT2D eigenvalue weighted by Gasteiger charge is -2.31. The van der Waals surface area contributed by atoms with Crippen molar-refractivity contribution in [3.8, 4) is 5.75 Å². The highest BCUT2D eigenvalue weighted by Crippen LogP contribution is 2.21. The lowest BCUT2D eigenvalue weighted by molar-refractivity contribution is -0.135. The van der Waals surface area contributed by atoms with Gasteiger partial charge < -0.3 is 20.1 Å². The summed E-state index contributed by atoms with van der Waals surface area (Å²) >= 11 is 0. The Morgan fingerprint density at radius 3 is 2.70 bits per heavy atom. The van der Waals surface area contributed by atoms with Crippen LogP contribution in [-0.4, -0.2) is 44.2 Å². The minimum atomic E-state index is 0.0177. The third-order valence-electron chi connectivity index (χ3n) is 3.64. The standard InChI is InChI=1S/C15H22N2O3/c1-19-10-12-6-8-17(9-7-12)15(18)11-20-14-5-3-2-4-13(14)16/h2-5,12H,6-11,16H2,1H3. The topological polar surface area (TPSA) is 64.8 Å². The maximum atomic E-state index is 12.1. The number of para-hydroxylation sites is 2. The first-order valence-corrected chi connectivity index (χ1v) is 6.94. The fraction of sp³-hybridized carbons (Fsp3) is 0.533. The molecule has 0 saturated carbocycles. The van der Waals surface area contributed by atoms with Crippen LogP contribution in [0.1, 0.15) is 12.8 Å². The van der Waals surface area contributed by atoms with E-state index in [1.807, 2.05) is 17.0 Å². The van der Waals surface area contributed by atoms with Gasteiger partial charge >= 0.3 is 0 Å². The van der Waals surface area contributed by atoms with Gasteiger partial charge in [-0.3, -0.25) is 4.79 Å². The highest BCUT2D eigenvalue weighted by molar-refractivity contribution is 5.78. The molecule has 0 spiro atoms. The molecule has 1 aliphatic heterocycles. The highest BCUT2D eigenvalue weighted by atomic mass is 16.5. The third kappa shape index (κ3) is 3.87. The average Bonchev–Trinajstić information content (AvgIpc) is 2.47. The van der Waals surface area contributed by atoms with Crippen molar-refractivity contribution in [2.75, 3.05) is 39.1 Å². The summed E-state index contributed by atoms with van der Waals surface area (Å²) in [7, 11) is 1.72. The molecule has 1 fully saturated rings. The molecule has 2 N–H and O–H groups in total. The Labute approximate surface area is 119 Å². The van der Waals surface area contributed by atoms with Crippen LogP contribution in [0, 0.1) is 5.92 Å². The molecule has 0 aliphatic carbocycles. The average molecular weight is 278 g/mol. The molecule has 5 heteroatoms. The zero-order chi connectivity index (χ0) is 14.4. The number of nitrogens with zero attached hydrogens (tertiary/aromatic N) is 1. The van der Waals surface area contributed by atoms with Crippen LogP contribution in [0.5, 0.6) is 5.75 Å². The lowest BCUT2D eigenvalue weighted by atomic mass is 9.98. The molecule has 0 atom stereocenters. The van der Waals surface area contributed by atoms with Crippen LogP contribution in [-0.2, 0) is 9.53 Å². The number of likely N-dealkylation sites (tertiary alicyclic amines) is 1. The Hall–Kier alpha value is -1.75. The van der Waals surface area contributed by atoms with Gasteiger partial charge in [0.25, 0.3) is 5.91 Å². The summed E-state index contributed by atoms with van der Waals surface area (Å²) in [5, 5.41) is 0. The predicted octanol–water partition coefficient (Wildman–Crippen LogP) is 1.53. The summed E-state index contributed by atoms with van der Waals surface area (Å²) in [4.78, 5) is 13.9. The van der Waals surface area contributed by atoms with Crippen LogP contribution in [0.25, 0.3) is 0 Å². The van der Waals surface area contributed by atoms with E-state index < -0.39 is 0 Å². The van der Waals surface area contributed by atoms with Crippen molar-refractivity contribution in [3.05, 3.63) is 24.3 Å². The number of amides is 1. The predicted molar refractivity (Wildman–Crippen MR) is 77.5 cm³/mol. The van der Waals surface area contributed by atoms with Gasteiger partial charge in [0.2, 0.25) is 0 Å². The summed E-state index contributed by atoms with van der Waals surface area (Å²) in [5.74, 6) is 1.15. The molecule has 0 unspecified atom stereocenters. The second-order valence-corrected chi connectivity index (χ2v) is 5.11. The normalized spacial score (nSPS) is 16.1. The van der Waals surface area contributed by atoms with Crippen LogP contribution in [0.15, 0.2) is 24.3 Å². The Balaban J connectivity index is 1.77. The third-order valence-corrected chi connectivity index (χ3v) is 3.64. The molecular formula is C15H22N2O3. The number of anilines is 1. The first-order valence-electron chi connectivity index (χ1n) is 6.94. The molecule has 1 saturated heterocycles. The maximum Gasteiger partial charge on any atom is 0.260 e. The Bertz CT molecular complexity index is 442. The van der Waals surface area contributed by atoms with Gasteiger partial charge in [-0.15, -0.1) is 0 Å². The second-order valence-electron chi connectivity index (χ2n) is 5.11. The van der Waals surface area contributed by atoms with Crippen LogP contribution in [0.3, 0.4) is 0 Å². The number of hydrogen-bond donors (Lipinski definition) is 1. The number of nitrogens with two attached hydrogens (primary N) is 1. The van der Waals surface area contributed by atoms with E-state index in [1.54, 1.807) is 19.2 Å². The zero-order valence-electron chi connectivity index (χ0n) is 11.9.